The molecule has 0 bridgehead atoms. The molecule has 0 radical (unpaired) electrons. The number of rotatable bonds is 41. The molecule has 2 atom stereocenters. The number of esters is 4. The van der Waals surface area contributed by atoms with Crippen LogP contribution in [0.4, 0.5) is 11.4 Å². The maximum atomic E-state index is 13.7. The summed E-state index contributed by atoms with van der Waals surface area (Å²) in [5, 5.41) is 20.2. The number of amides is 1. The van der Waals surface area contributed by atoms with E-state index in [1.54, 1.807) is 62.4 Å². The Morgan fingerprint density at radius 3 is 1.93 bits per heavy atom. The summed E-state index contributed by atoms with van der Waals surface area (Å²) in [5.74, 6) is -1.38. The van der Waals surface area contributed by atoms with Crippen LogP contribution in [0, 0.1) is 35.5 Å². The van der Waals surface area contributed by atoms with Crippen molar-refractivity contribution < 1.29 is 57.1 Å². The average Bonchev–Trinajstić information content (AvgIpc) is 3.52. The maximum Gasteiger partial charge on any atom is 0.343 e. The zero-order chi connectivity index (χ0) is 59.2. The number of unbranched alkanes of at least 4 members (excludes halogenated alkanes) is 11. The van der Waals surface area contributed by atoms with E-state index in [1.807, 2.05) is 56.3 Å². The summed E-state index contributed by atoms with van der Waals surface area (Å²) in [4.78, 5) is 64.8. The molecule has 4 rings (SSSR count). The van der Waals surface area contributed by atoms with Crippen molar-refractivity contribution in [3.63, 3.8) is 0 Å². The highest BCUT2D eigenvalue weighted by molar-refractivity contribution is 5.91. The standard InChI is InChI=1S/C66H88N4O12/c1-7-9-17-24-51-25-22-26-57(46-51)70-69-56-31-35-59(36-32-56)78-41-20-16-21-42-80-63(73)55(47-53(8-2)62(72)68-49-76-6)48-66(4,5)65(75)81-43-19-15-13-11-10-12-14-18-40-77-58-33-29-54(30-34-58)64(74)82-60-37-27-52(45-50(60)3)28-38-61(71)79-44-23-39-67/h22,25-38,45-46,53,55H,7-21,23-24,40-44,47-49H2,1-6H3,(H,68,72)/b38-28+,70-69?. The Morgan fingerprint density at radius 2 is 1.29 bits per heavy atom. The Bertz CT molecular complexity index is 2640. The van der Waals surface area contributed by atoms with Gasteiger partial charge in [-0.3, -0.25) is 14.4 Å². The van der Waals surface area contributed by atoms with E-state index >= 15 is 0 Å². The molecule has 0 heterocycles. The van der Waals surface area contributed by atoms with Crippen molar-refractivity contribution in [2.75, 3.05) is 46.9 Å². The Kier molecular flexibility index (Phi) is 32.0. The number of hydrogen-bond donors (Lipinski definition) is 1. The van der Waals surface area contributed by atoms with Crippen molar-refractivity contribution in [3.05, 3.63) is 119 Å². The first-order valence-electron chi connectivity index (χ1n) is 29.4. The first-order chi connectivity index (χ1) is 39.7. The third kappa shape index (κ3) is 26.9. The van der Waals surface area contributed by atoms with Crippen LogP contribution in [-0.4, -0.2) is 76.7 Å². The van der Waals surface area contributed by atoms with Gasteiger partial charge in [-0.2, -0.15) is 15.5 Å². The van der Waals surface area contributed by atoms with E-state index in [1.165, 1.54) is 38.0 Å². The number of carbonyl (C=O) groups is 5. The monoisotopic (exact) mass is 1130 g/mol. The topological polar surface area (TPSA) is 210 Å². The van der Waals surface area contributed by atoms with E-state index in [2.05, 4.69) is 34.6 Å². The second-order valence-electron chi connectivity index (χ2n) is 21.2. The van der Waals surface area contributed by atoms with Crippen LogP contribution in [-0.2, 0) is 44.5 Å². The fourth-order valence-electron chi connectivity index (χ4n) is 8.95. The Morgan fingerprint density at radius 1 is 0.671 bits per heavy atom. The normalized spacial score (nSPS) is 12.1. The molecule has 0 fully saturated rings. The second kappa shape index (κ2) is 39.1. The largest absolute Gasteiger partial charge is 0.494 e. The van der Waals surface area contributed by atoms with Crippen molar-refractivity contribution in [3.8, 4) is 23.3 Å². The summed E-state index contributed by atoms with van der Waals surface area (Å²) in [7, 11) is 1.50. The molecule has 82 heavy (non-hydrogen) atoms. The van der Waals surface area contributed by atoms with E-state index in [-0.39, 0.29) is 51.1 Å². The van der Waals surface area contributed by atoms with Gasteiger partial charge in [-0.1, -0.05) is 83.4 Å². The summed E-state index contributed by atoms with van der Waals surface area (Å²) in [5.41, 5.74) is 3.71. The van der Waals surface area contributed by atoms with E-state index < -0.39 is 35.2 Å². The van der Waals surface area contributed by atoms with E-state index in [4.69, 9.17) is 38.4 Å². The number of nitrogens with zero attached hydrogens (tertiary/aromatic N) is 3. The molecule has 0 saturated heterocycles. The molecular weight excluding hydrogens is 1040 g/mol. The van der Waals surface area contributed by atoms with Crippen LogP contribution in [0.3, 0.4) is 0 Å². The quantitative estimate of drug-likeness (QED) is 0.00835. The van der Waals surface area contributed by atoms with Gasteiger partial charge in [0.25, 0.3) is 0 Å². The van der Waals surface area contributed by atoms with Crippen molar-refractivity contribution >= 4 is 47.2 Å². The SMILES string of the molecule is CCCCCc1cccc(N=Nc2ccc(OCCCCCOC(=O)C(CC(CC)C(=O)NCOC)CC(C)(C)C(=O)OCCCCCCCCCCOc3ccc(C(=O)Oc4ccc(/C=C/C(=O)OCCC#N)cc4C)cc3)cc2)c1. The molecule has 0 aromatic heterocycles. The number of carbonyl (C=O) groups excluding carboxylic acids is 5. The smallest absolute Gasteiger partial charge is 0.343 e. The highest BCUT2D eigenvalue weighted by Gasteiger charge is 2.38. The minimum atomic E-state index is -0.985. The van der Waals surface area contributed by atoms with Crippen LogP contribution in [0.2, 0.25) is 0 Å². The summed E-state index contributed by atoms with van der Waals surface area (Å²) < 4.78 is 39.0. The minimum absolute atomic E-state index is 0.0400. The van der Waals surface area contributed by atoms with Crippen LogP contribution in [0.25, 0.3) is 6.08 Å². The van der Waals surface area contributed by atoms with E-state index in [0.29, 0.717) is 49.7 Å². The summed E-state index contributed by atoms with van der Waals surface area (Å²) in [6.07, 6.45) is 18.6. The van der Waals surface area contributed by atoms with E-state index in [0.717, 1.165) is 98.9 Å². The van der Waals surface area contributed by atoms with Crippen LogP contribution in [0.15, 0.2) is 107 Å². The average molecular weight is 1130 g/mol. The first-order valence-corrected chi connectivity index (χ1v) is 29.4. The van der Waals surface area contributed by atoms with Gasteiger partial charge in [-0.25, -0.2) is 9.59 Å². The Balaban J connectivity index is 1.08. The number of aryl methyl sites for hydroxylation is 2. The second-order valence-corrected chi connectivity index (χ2v) is 21.2. The van der Waals surface area contributed by atoms with Crippen LogP contribution < -0.4 is 19.5 Å². The number of methoxy groups -OCH3 is 1. The molecule has 2 unspecified atom stereocenters. The lowest BCUT2D eigenvalue weighted by molar-refractivity contribution is -0.158. The molecule has 0 aliphatic heterocycles. The molecule has 16 heteroatoms. The first kappa shape index (κ1) is 67.1. The van der Waals surface area contributed by atoms with Gasteiger partial charge in [0, 0.05) is 19.1 Å². The lowest BCUT2D eigenvalue weighted by atomic mass is 9.78. The number of ether oxygens (including phenoxy) is 7. The third-order valence-corrected chi connectivity index (χ3v) is 13.8. The molecule has 0 aliphatic rings. The highest BCUT2D eigenvalue weighted by Crippen LogP contribution is 2.33. The Hall–Kier alpha value is -7.38. The molecule has 16 nitrogen and oxygen atoms in total. The maximum absolute atomic E-state index is 13.7. The minimum Gasteiger partial charge on any atom is -0.494 e. The lowest BCUT2D eigenvalue weighted by Gasteiger charge is -2.29. The van der Waals surface area contributed by atoms with Gasteiger partial charge in [0.2, 0.25) is 5.91 Å². The van der Waals surface area contributed by atoms with Gasteiger partial charge in [-0.05, 0) is 181 Å². The van der Waals surface area contributed by atoms with E-state index in [9.17, 15) is 24.0 Å². The zero-order valence-electron chi connectivity index (χ0n) is 49.4. The molecule has 444 valence electrons. The Labute approximate surface area is 486 Å². The molecule has 4 aromatic carbocycles. The zero-order valence-corrected chi connectivity index (χ0v) is 49.4. The summed E-state index contributed by atoms with van der Waals surface area (Å²) >= 11 is 0. The van der Waals surface area contributed by atoms with Crippen molar-refractivity contribution in [2.24, 2.45) is 27.5 Å². The molecule has 0 saturated carbocycles. The van der Waals surface area contributed by atoms with Crippen LogP contribution in [0.5, 0.6) is 17.2 Å². The van der Waals surface area contributed by atoms with Crippen LogP contribution in [0.1, 0.15) is 170 Å². The highest BCUT2D eigenvalue weighted by atomic mass is 16.5. The molecule has 0 aliphatic carbocycles. The third-order valence-electron chi connectivity index (χ3n) is 13.8. The molecule has 0 spiro atoms. The fourth-order valence-corrected chi connectivity index (χ4v) is 8.95. The van der Waals surface area contributed by atoms with Gasteiger partial charge in [-0.15, -0.1) is 0 Å². The lowest BCUT2D eigenvalue weighted by Crippen LogP contribution is -2.37. The van der Waals surface area contributed by atoms with Gasteiger partial charge in [0.15, 0.2) is 0 Å². The van der Waals surface area contributed by atoms with Crippen molar-refractivity contribution in [2.45, 2.75) is 157 Å². The van der Waals surface area contributed by atoms with Crippen molar-refractivity contribution in [1.82, 2.24) is 5.32 Å². The number of nitrogens with one attached hydrogen (secondary N) is 1. The molecular formula is C66H88N4O12. The molecule has 1 N–H and O–H groups in total. The number of nitriles is 1. The predicted octanol–water partition coefficient (Wildman–Crippen LogP) is 14.8. The number of benzene rings is 4. The van der Waals surface area contributed by atoms with Gasteiger partial charge < -0.3 is 38.5 Å². The summed E-state index contributed by atoms with van der Waals surface area (Å²) in [6.45, 7) is 11.2. The van der Waals surface area contributed by atoms with Gasteiger partial charge in [0.1, 0.15) is 30.6 Å². The molecule has 4 aromatic rings. The number of hydrogen-bond acceptors (Lipinski definition) is 15. The fraction of sp³-hybridized carbons (Fsp3) is 0.515. The van der Waals surface area contributed by atoms with Gasteiger partial charge >= 0.3 is 23.9 Å². The molecule has 1 amide bonds. The van der Waals surface area contributed by atoms with Crippen LogP contribution >= 0.6 is 0 Å². The predicted molar refractivity (Wildman–Crippen MR) is 317 cm³/mol. The number of azo groups is 1. The van der Waals surface area contributed by atoms with Crippen molar-refractivity contribution in [1.29, 1.82) is 5.26 Å². The summed E-state index contributed by atoms with van der Waals surface area (Å²) in [6, 6.07) is 29.7. The van der Waals surface area contributed by atoms with Gasteiger partial charge in [0.05, 0.1) is 67.2 Å².